The molecule has 1 saturated carbocycles. The van der Waals surface area contributed by atoms with Crippen molar-refractivity contribution in [3.05, 3.63) is 0 Å². The van der Waals surface area contributed by atoms with Gasteiger partial charge < -0.3 is 0 Å². The molecular weight excluding hydrogens is 163 g/mol. The third-order valence-electron chi connectivity index (χ3n) is 3.94. The fraction of sp³-hybridized carbons (Fsp3) is 1.00. The molecule has 14 heavy (non-hydrogen) atoms. The monoisotopic (exact) mass is 188 g/mol. The Morgan fingerprint density at radius 3 is 2.21 bits per heavy atom. The van der Waals surface area contributed by atoms with Gasteiger partial charge in [-0.2, -0.15) is 0 Å². The second-order valence-electron chi connectivity index (χ2n) is 5.54. The summed E-state index contributed by atoms with van der Waals surface area (Å²) in [5, 5.41) is 0. The molecule has 0 aromatic carbocycles. The van der Waals surface area contributed by atoms with E-state index in [1.54, 1.807) is 0 Å². The zero-order valence-electron chi connectivity index (χ0n) is 10.3. The SMILES string of the molecule is [Li][C]1(CCCCCCC)CCCCC1. The predicted octanol–water partition coefficient (Wildman–Crippen LogP) is 4.64. The van der Waals surface area contributed by atoms with Crippen LogP contribution in [0.3, 0.4) is 0 Å². The normalized spacial score (nSPS) is 21.1. The molecule has 1 rings (SSSR count). The van der Waals surface area contributed by atoms with Crippen LogP contribution in [0.25, 0.3) is 0 Å². The summed E-state index contributed by atoms with van der Waals surface area (Å²) in [4.78, 5) is 0. The molecule has 1 aliphatic carbocycles. The van der Waals surface area contributed by atoms with E-state index in [0.717, 1.165) is 4.09 Å². The molecule has 78 valence electrons. The molecule has 0 nitrogen and oxygen atoms in total. The van der Waals surface area contributed by atoms with Gasteiger partial charge in [0, 0.05) is 0 Å². The molecule has 0 aliphatic heterocycles. The van der Waals surface area contributed by atoms with E-state index < -0.39 is 0 Å². The molecule has 0 N–H and O–H groups in total. The van der Waals surface area contributed by atoms with Gasteiger partial charge in [0.1, 0.15) is 0 Å². The fourth-order valence-electron chi connectivity index (χ4n) is 2.81. The first-order chi connectivity index (χ1) is 6.77. The maximum absolute atomic E-state index is 2.52. The molecule has 0 spiro atoms. The Hall–Kier alpha value is 0.597. The van der Waals surface area contributed by atoms with E-state index in [1.807, 2.05) is 0 Å². The Kier molecular flexibility index (Phi) is 6.30. The van der Waals surface area contributed by atoms with Gasteiger partial charge in [-0.05, 0) is 0 Å². The quantitative estimate of drug-likeness (QED) is 0.421. The molecule has 0 amide bonds. The Balaban J connectivity index is 2.03. The minimum absolute atomic E-state index is 0.727. The summed E-state index contributed by atoms with van der Waals surface area (Å²) in [5.41, 5.74) is 0. The van der Waals surface area contributed by atoms with Gasteiger partial charge in [-0.25, -0.2) is 0 Å². The number of unbranched alkanes of at least 4 members (excludes halogenated alkanes) is 4. The molecule has 0 aromatic heterocycles. The second kappa shape index (κ2) is 6.97. The first kappa shape index (κ1) is 12.7. The van der Waals surface area contributed by atoms with Crippen LogP contribution in [-0.2, 0) is 0 Å². The van der Waals surface area contributed by atoms with Crippen molar-refractivity contribution in [1.29, 1.82) is 0 Å². The molecule has 1 heteroatoms. The summed E-state index contributed by atoms with van der Waals surface area (Å²) < 4.78 is 0.727. The van der Waals surface area contributed by atoms with Crippen molar-refractivity contribution < 1.29 is 0 Å². The van der Waals surface area contributed by atoms with E-state index in [9.17, 15) is 0 Å². The van der Waals surface area contributed by atoms with Gasteiger partial charge in [0.25, 0.3) is 0 Å². The van der Waals surface area contributed by atoms with Crippen molar-refractivity contribution in [3.63, 3.8) is 0 Å². The summed E-state index contributed by atoms with van der Waals surface area (Å²) >= 11 is 2.52. The Morgan fingerprint density at radius 2 is 1.57 bits per heavy atom. The van der Waals surface area contributed by atoms with Crippen molar-refractivity contribution in [1.82, 2.24) is 0 Å². The van der Waals surface area contributed by atoms with Crippen LogP contribution in [0.5, 0.6) is 0 Å². The molecule has 0 aromatic rings. The van der Waals surface area contributed by atoms with Gasteiger partial charge >= 0.3 is 99.4 Å². The van der Waals surface area contributed by atoms with Crippen molar-refractivity contribution in [2.24, 2.45) is 0 Å². The first-order valence-corrected chi connectivity index (χ1v) is 6.77. The standard InChI is InChI=1S/C13H25.Li/c1-2-3-4-5-7-10-13-11-8-6-9-12-13;/h2-12H2,1H3;. The minimum atomic E-state index is 0.727. The van der Waals surface area contributed by atoms with E-state index in [2.05, 4.69) is 24.6 Å². The number of hydrogen-bond donors (Lipinski definition) is 0. The molecule has 0 bridgehead atoms. The van der Waals surface area contributed by atoms with E-state index in [1.165, 1.54) is 70.6 Å². The first-order valence-electron chi connectivity index (χ1n) is 6.77. The van der Waals surface area contributed by atoms with Gasteiger partial charge in [0.2, 0.25) is 0 Å². The Bertz CT molecular complexity index is 136. The summed E-state index contributed by atoms with van der Waals surface area (Å²) in [7, 11) is 0. The van der Waals surface area contributed by atoms with Crippen LogP contribution in [0.4, 0.5) is 0 Å². The van der Waals surface area contributed by atoms with E-state index in [4.69, 9.17) is 0 Å². The number of rotatable bonds is 6. The van der Waals surface area contributed by atoms with Gasteiger partial charge in [-0.15, -0.1) is 0 Å². The van der Waals surface area contributed by atoms with Gasteiger partial charge in [-0.1, -0.05) is 0 Å². The molecule has 1 aliphatic rings. The van der Waals surface area contributed by atoms with Crippen LogP contribution in [0.1, 0.15) is 77.6 Å². The molecule has 0 unspecified atom stereocenters. The molecule has 0 saturated heterocycles. The molecule has 0 radical (unpaired) electrons. The zero-order valence-corrected chi connectivity index (χ0v) is 10.3. The zero-order chi connectivity index (χ0) is 10.3. The number of hydrogen-bond acceptors (Lipinski definition) is 0. The van der Waals surface area contributed by atoms with Crippen LogP contribution in [0, 0.1) is 0 Å². The Labute approximate surface area is 99.4 Å². The molecule has 1 fully saturated rings. The van der Waals surface area contributed by atoms with Crippen LogP contribution in [-0.4, -0.2) is 17.7 Å². The average Bonchev–Trinajstić information content (AvgIpc) is 2.18. The van der Waals surface area contributed by atoms with Gasteiger partial charge in [-0.3, -0.25) is 0 Å². The van der Waals surface area contributed by atoms with Gasteiger partial charge in [0.05, 0.1) is 0 Å². The summed E-state index contributed by atoms with van der Waals surface area (Å²) in [6, 6.07) is 0. The van der Waals surface area contributed by atoms with Crippen molar-refractivity contribution in [2.75, 3.05) is 0 Å². The van der Waals surface area contributed by atoms with Crippen LogP contribution < -0.4 is 0 Å². The van der Waals surface area contributed by atoms with Crippen molar-refractivity contribution in [2.45, 2.75) is 81.6 Å². The third kappa shape index (κ3) is 4.90. The summed E-state index contributed by atoms with van der Waals surface area (Å²) in [6.45, 7) is 2.29. The van der Waals surface area contributed by atoms with E-state index in [-0.39, 0.29) is 0 Å². The van der Waals surface area contributed by atoms with Crippen molar-refractivity contribution >= 4 is 17.7 Å². The van der Waals surface area contributed by atoms with Crippen LogP contribution in [0.2, 0.25) is 4.09 Å². The fourth-order valence-corrected chi connectivity index (χ4v) is 2.81. The molecular formula is C13H25Li. The van der Waals surface area contributed by atoms with E-state index >= 15 is 0 Å². The molecule has 0 heterocycles. The molecule has 0 atom stereocenters. The van der Waals surface area contributed by atoms with E-state index in [0.29, 0.717) is 0 Å². The van der Waals surface area contributed by atoms with Crippen molar-refractivity contribution in [3.8, 4) is 0 Å². The predicted molar refractivity (Wildman–Crippen MR) is 64.9 cm³/mol. The van der Waals surface area contributed by atoms with Gasteiger partial charge in [0.15, 0.2) is 0 Å². The Morgan fingerprint density at radius 1 is 0.929 bits per heavy atom. The second-order valence-corrected chi connectivity index (χ2v) is 5.54. The third-order valence-corrected chi connectivity index (χ3v) is 3.94. The van der Waals surface area contributed by atoms with Crippen LogP contribution in [0.15, 0.2) is 0 Å². The van der Waals surface area contributed by atoms with Crippen LogP contribution >= 0.6 is 0 Å². The summed E-state index contributed by atoms with van der Waals surface area (Å²) in [5.74, 6) is 0. The average molecular weight is 188 g/mol. The topological polar surface area (TPSA) is 0 Å². The summed E-state index contributed by atoms with van der Waals surface area (Å²) in [6.07, 6.45) is 16.2. The maximum atomic E-state index is 2.52.